The van der Waals surface area contributed by atoms with Crippen LogP contribution in [0, 0.1) is 11.8 Å². The largest absolute Gasteiger partial charge is 1.00 e. The van der Waals surface area contributed by atoms with E-state index in [1.165, 1.54) is 44.2 Å². The molecular formula is C20H38NNaO4S. The fourth-order valence-electron chi connectivity index (χ4n) is 2.56. The zero-order chi connectivity index (χ0) is 19.5. The van der Waals surface area contributed by atoms with Crippen molar-refractivity contribution in [3.63, 3.8) is 0 Å². The molecule has 5 nitrogen and oxygen atoms in total. The third kappa shape index (κ3) is 20.9. The second-order valence-electron chi connectivity index (χ2n) is 6.55. The molecule has 0 saturated carbocycles. The molecule has 2 atom stereocenters. The van der Waals surface area contributed by atoms with Crippen molar-refractivity contribution in [1.29, 1.82) is 0 Å². The normalized spacial score (nSPS) is 18.3. The van der Waals surface area contributed by atoms with Crippen LogP contribution in [-0.2, 0) is 15.6 Å². The summed E-state index contributed by atoms with van der Waals surface area (Å²) in [4.78, 5) is 4.46. The van der Waals surface area contributed by atoms with Gasteiger partial charge in [-0.3, -0.25) is 0 Å². The first-order valence-electron chi connectivity index (χ1n) is 9.42. The van der Waals surface area contributed by atoms with Crippen molar-refractivity contribution in [2.75, 3.05) is 39.2 Å². The van der Waals surface area contributed by atoms with Crippen molar-refractivity contribution in [3.05, 3.63) is 35.9 Å². The van der Waals surface area contributed by atoms with E-state index >= 15 is 0 Å². The summed E-state index contributed by atoms with van der Waals surface area (Å²) in [6, 6.07) is 10.4. The second kappa shape index (κ2) is 22.7. The van der Waals surface area contributed by atoms with E-state index in [0.717, 1.165) is 30.4 Å². The summed E-state index contributed by atoms with van der Waals surface area (Å²) in [6.07, 6.45) is 4.12. The molecule has 154 valence electrons. The number of nitrogens with one attached hydrogen (secondary N) is 1. The van der Waals surface area contributed by atoms with E-state index in [4.69, 9.17) is 10.2 Å². The van der Waals surface area contributed by atoms with Crippen LogP contribution in [0.4, 0.5) is 0 Å². The van der Waals surface area contributed by atoms with Crippen LogP contribution in [0.3, 0.4) is 0 Å². The van der Waals surface area contributed by atoms with Gasteiger partial charge in [-0.1, -0.05) is 44.2 Å². The van der Waals surface area contributed by atoms with Gasteiger partial charge in [0, 0.05) is 31.0 Å². The number of aliphatic hydroxyl groups is 2. The third-order valence-corrected chi connectivity index (χ3v) is 4.45. The Balaban J connectivity index is -0.000000360. The van der Waals surface area contributed by atoms with Crippen LogP contribution in [0.15, 0.2) is 30.3 Å². The molecule has 0 aliphatic carbocycles. The molecule has 0 aromatic heterocycles. The molecule has 2 rings (SSSR count). The molecule has 7 heteroatoms. The number of benzene rings is 1. The van der Waals surface area contributed by atoms with E-state index in [1.54, 1.807) is 0 Å². The van der Waals surface area contributed by atoms with Crippen molar-refractivity contribution in [2.45, 2.75) is 39.5 Å². The van der Waals surface area contributed by atoms with Gasteiger partial charge in [0.05, 0.1) is 7.11 Å². The first-order chi connectivity index (χ1) is 12.6. The first kappa shape index (κ1) is 29.6. The Kier molecular flexibility index (Phi) is 24.8. The summed E-state index contributed by atoms with van der Waals surface area (Å²) in [5, 5.41) is 19.2. The van der Waals surface area contributed by atoms with Gasteiger partial charge in [0.2, 0.25) is 0 Å². The Morgan fingerprint density at radius 3 is 2.07 bits per heavy atom. The standard InChI is InChI=1S/C10H14O2S.C7H15N.C3H8O2.Na.H/c1-11-12-13-9-5-8-10-6-3-2-4-7-10;1-6-3-7(2)5-8-4-6;4-2-1-3-5;;/h2-4,6-7H,5,8-9H2,1H3;6-8H,3-5H2,1-2H3;4-5H,1-3H2;;/q;;;+1;-1. The van der Waals surface area contributed by atoms with E-state index in [0.29, 0.717) is 6.42 Å². The van der Waals surface area contributed by atoms with E-state index in [1.807, 2.05) is 6.07 Å². The van der Waals surface area contributed by atoms with E-state index in [2.05, 4.69) is 52.7 Å². The minimum absolute atomic E-state index is 0. The van der Waals surface area contributed by atoms with Crippen molar-refractivity contribution in [3.8, 4) is 0 Å². The Labute approximate surface area is 193 Å². The Hall–Kier alpha value is 0.370. The first-order valence-corrected chi connectivity index (χ1v) is 10.3. The zero-order valence-corrected chi connectivity index (χ0v) is 20.3. The molecule has 3 N–H and O–H groups in total. The number of aryl methyl sites for hydroxylation is 1. The van der Waals surface area contributed by atoms with Crippen molar-refractivity contribution in [1.82, 2.24) is 5.32 Å². The molecule has 2 unspecified atom stereocenters. The van der Waals surface area contributed by atoms with Gasteiger partial charge in [-0.05, 0) is 56.2 Å². The molecule has 1 heterocycles. The third-order valence-electron chi connectivity index (χ3n) is 3.76. The quantitative estimate of drug-likeness (QED) is 0.191. The van der Waals surface area contributed by atoms with Gasteiger partial charge in [-0.15, -0.1) is 0 Å². The Morgan fingerprint density at radius 2 is 1.67 bits per heavy atom. The van der Waals surface area contributed by atoms with Crippen molar-refractivity contribution >= 4 is 12.0 Å². The summed E-state index contributed by atoms with van der Waals surface area (Å²) in [7, 11) is 1.52. The summed E-state index contributed by atoms with van der Waals surface area (Å²) in [6.45, 7) is 7.26. The molecule has 0 bridgehead atoms. The number of piperidine rings is 1. The fraction of sp³-hybridized carbons (Fsp3) is 0.700. The number of hydrogen-bond donors (Lipinski definition) is 3. The van der Waals surface area contributed by atoms with E-state index < -0.39 is 0 Å². The zero-order valence-electron chi connectivity index (χ0n) is 18.5. The van der Waals surface area contributed by atoms with Gasteiger partial charge in [0.25, 0.3) is 0 Å². The van der Waals surface area contributed by atoms with Crippen molar-refractivity contribution < 1.29 is 50.4 Å². The molecule has 1 fully saturated rings. The van der Waals surface area contributed by atoms with Gasteiger partial charge in [-0.25, -0.2) is 4.89 Å². The maximum atomic E-state index is 7.91. The van der Waals surface area contributed by atoms with Crippen LogP contribution < -0.4 is 34.9 Å². The Bertz CT molecular complexity index is 397. The predicted octanol–water partition coefficient (Wildman–Crippen LogP) is 0.575. The number of rotatable bonds is 8. The maximum Gasteiger partial charge on any atom is 1.00 e. The summed E-state index contributed by atoms with van der Waals surface area (Å²) in [5.41, 5.74) is 1.38. The number of aliphatic hydroxyl groups excluding tert-OH is 2. The fourth-order valence-corrected chi connectivity index (χ4v) is 2.99. The molecule has 0 amide bonds. The van der Waals surface area contributed by atoms with Gasteiger partial charge >= 0.3 is 29.6 Å². The van der Waals surface area contributed by atoms with E-state index in [9.17, 15) is 0 Å². The SMILES string of the molecule is CC1CNCC(C)C1.COOSCCCc1ccccc1.OCCCO.[H-].[Na+]. The van der Waals surface area contributed by atoms with Crippen LogP contribution in [0.2, 0.25) is 0 Å². The van der Waals surface area contributed by atoms with Gasteiger partial charge in [0.15, 0.2) is 0 Å². The molecule has 1 aromatic rings. The van der Waals surface area contributed by atoms with E-state index in [-0.39, 0.29) is 44.2 Å². The molecule has 1 aliphatic heterocycles. The second-order valence-corrected chi connectivity index (χ2v) is 7.33. The Morgan fingerprint density at radius 1 is 1.07 bits per heavy atom. The average Bonchev–Trinajstić information content (AvgIpc) is 2.64. The van der Waals surface area contributed by atoms with Crippen LogP contribution in [0.1, 0.15) is 40.1 Å². The van der Waals surface area contributed by atoms with Crippen LogP contribution >= 0.6 is 12.0 Å². The minimum Gasteiger partial charge on any atom is -1.00 e. The van der Waals surface area contributed by atoms with Crippen LogP contribution in [0.25, 0.3) is 0 Å². The van der Waals surface area contributed by atoms with Crippen molar-refractivity contribution in [2.24, 2.45) is 11.8 Å². The van der Waals surface area contributed by atoms with Crippen LogP contribution in [-0.4, -0.2) is 49.4 Å². The van der Waals surface area contributed by atoms with Crippen LogP contribution in [0.5, 0.6) is 0 Å². The van der Waals surface area contributed by atoms with Gasteiger partial charge < -0.3 is 17.0 Å². The average molecular weight is 412 g/mol. The minimum atomic E-state index is 0. The summed E-state index contributed by atoms with van der Waals surface area (Å²) >= 11 is 1.35. The number of hydrogen-bond acceptors (Lipinski definition) is 6. The maximum absolute atomic E-state index is 7.91. The monoisotopic (exact) mass is 411 g/mol. The van der Waals surface area contributed by atoms with Gasteiger partial charge in [-0.2, -0.15) is 4.33 Å². The molecule has 1 aromatic carbocycles. The smallest absolute Gasteiger partial charge is 1.00 e. The molecule has 1 saturated heterocycles. The molecule has 0 radical (unpaired) electrons. The molecule has 1 aliphatic rings. The topological polar surface area (TPSA) is 71.0 Å². The summed E-state index contributed by atoms with van der Waals surface area (Å²) in [5.74, 6) is 2.76. The molecular weight excluding hydrogens is 373 g/mol. The predicted molar refractivity (Wildman–Crippen MR) is 111 cm³/mol. The molecule has 27 heavy (non-hydrogen) atoms. The molecule has 0 spiro atoms. The van der Waals surface area contributed by atoms with Gasteiger partial charge in [0.1, 0.15) is 0 Å². The summed E-state index contributed by atoms with van der Waals surface area (Å²) < 4.78 is 4.69.